The number of hydrogen-bond donors (Lipinski definition) is 2. The Kier molecular flexibility index (Phi) is 4.78. The average molecular weight is 374 g/mol. The summed E-state index contributed by atoms with van der Waals surface area (Å²) < 4.78 is 40.9. The molecule has 0 saturated carbocycles. The lowest BCUT2D eigenvalue weighted by Gasteiger charge is -2.18. The Balaban J connectivity index is 2.31. The molecule has 3 N–H and O–H groups in total. The summed E-state index contributed by atoms with van der Waals surface area (Å²) in [6, 6.07) is 9.65. The Morgan fingerprint density at radius 2 is 1.85 bits per heavy atom. The Labute approximate surface area is 153 Å². The summed E-state index contributed by atoms with van der Waals surface area (Å²) in [5.41, 5.74) is 6.33. The van der Waals surface area contributed by atoms with Gasteiger partial charge in [0.1, 0.15) is 0 Å². The first-order valence-electron chi connectivity index (χ1n) is 8.25. The number of carboxylic acid groups (broad SMARTS) is 1. The van der Waals surface area contributed by atoms with Gasteiger partial charge in [0.05, 0.1) is 11.3 Å². The van der Waals surface area contributed by atoms with Crippen molar-refractivity contribution in [3.63, 3.8) is 0 Å². The van der Waals surface area contributed by atoms with Gasteiger partial charge in [-0.2, -0.15) is 13.2 Å². The van der Waals surface area contributed by atoms with Gasteiger partial charge in [-0.05, 0) is 47.4 Å². The first-order valence-corrected chi connectivity index (χ1v) is 8.25. The second-order valence-electron chi connectivity index (χ2n) is 6.28. The number of carbonyl (C=O) groups is 1. The van der Waals surface area contributed by atoms with E-state index in [0.29, 0.717) is 16.3 Å². The zero-order chi connectivity index (χ0) is 19.8. The van der Waals surface area contributed by atoms with Crippen LogP contribution in [-0.4, -0.2) is 16.1 Å². The van der Waals surface area contributed by atoms with Gasteiger partial charge in [-0.1, -0.05) is 24.3 Å². The average Bonchev–Trinajstić information content (AvgIpc) is 2.59. The Morgan fingerprint density at radius 1 is 1.19 bits per heavy atom. The monoisotopic (exact) mass is 374 g/mol. The minimum atomic E-state index is -4.56. The fraction of sp³-hybridized carbons (Fsp3) is 0.200. The number of anilines is 1. The van der Waals surface area contributed by atoms with Crippen LogP contribution in [0, 0.1) is 6.92 Å². The minimum Gasteiger partial charge on any atom is -0.481 e. The number of benzene rings is 2. The SMILES string of the molecule is Cc1ccnc(-c2cc(N)c(CCC(=O)O)c3ccccc23)c1C(F)(F)F. The number of hydrogen-bond acceptors (Lipinski definition) is 3. The molecule has 1 aromatic heterocycles. The quantitative estimate of drug-likeness (QED) is 0.642. The van der Waals surface area contributed by atoms with E-state index in [4.69, 9.17) is 10.8 Å². The highest BCUT2D eigenvalue weighted by molar-refractivity contribution is 6.01. The number of rotatable bonds is 4. The predicted octanol–water partition coefficient (Wildman–Crippen LogP) is 4.83. The third-order valence-electron chi connectivity index (χ3n) is 4.48. The molecule has 4 nitrogen and oxygen atoms in total. The number of alkyl halides is 3. The smallest absolute Gasteiger partial charge is 0.418 e. The highest BCUT2D eigenvalue weighted by atomic mass is 19.4. The number of carboxylic acids is 1. The molecule has 0 saturated heterocycles. The number of nitrogens with zero attached hydrogens (tertiary/aromatic N) is 1. The molecule has 0 bridgehead atoms. The van der Waals surface area contributed by atoms with Crippen molar-refractivity contribution in [2.75, 3.05) is 5.73 Å². The lowest BCUT2D eigenvalue weighted by atomic mass is 9.91. The number of nitrogens with two attached hydrogens (primary N) is 1. The summed E-state index contributed by atoms with van der Waals surface area (Å²) >= 11 is 0. The van der Waals surface area contributed by atoms with Crippen LogP contribution in [-0.2, 0) is 17.4 Å². The molecule has 0 aliphatic heterocycles. The van der Waals surface area contributed by atoms with Crippen molar-refractivity contribution >= 4 is 22.4 Å². The number of nitrogen functional groups attached to an aromatic ring is 1. The van der Waals surface area contributed by atoms with Gasteiger partial charge in [0.15, 0.2) is 0 Å². The van der Waals surface area contributed by atoms with E-state index >= 15 is 0 Å². The first kappa shape index (κ1) is 18.7. The molecule has 27 heavy (non-hydrogen) atoms. The fourth-order valence-electron chi connectivity index (χ4n) is 3.28. The number of pyridine rings is 1. The Morgan fingerprint density at radius 3 is 2.48 bits per heavy atom. The highest BCUT2D eigenvalue weighted by Gasteiger charge is 2.36. The van der Waals surface area contributed by atoms with Crippen LogP contribution < -0.4 is 5.73 Å². The lowest BCUT2D eigenvalue weighted by molar-refractivity contribution is -0.138. The molecular formula is C20H17F3N2O2. The minimum absolute atomic E-state index is 0.0742. The third kappa shape index (κ3) is 3.58. The summed E-state index contributed by atoms with van der Waals surface area (Å²) in [6.45, 7) is 1.39. The van der Waals surface area contributed by atoms with Crippen molar-refractivity contribution in [2.24, 2.45) is 0 Å². The van der Waals surface area contributed by atoms with Crippen molar-refractivity contribution in [1.82, 2.24) is 4.98 Å². The number of fused-ring (bicyclic) bond motifs is 1. The van der Waals surface area contributed by atoms with Crippen LogP contribution in [0.15, 0.2) is 42.6 Å². The molecule has 0 amide bonds. The van der Waals surface area contributed by atoms with Crippen molar-refractivity contribution in [3.05, 3.63) is 59.3 Å². The molecular weight excluding hydrogens is 357 g/mol. The van der Waals surface area contributed by atoms with Crippen LogP contribution in [0.25, 0.3) is 22.0 Å². The molecule has 3 aromatic rings. The molecule has 3 rings (SSSR count). The second kappa shape index (κ2) is 6.90. The van der Waals surface area contributed by atoms with Gasteiger partial charge >= 0.3 is 12.1 Å². The lowest BCUT2D eigenvalue weighted by Crippen LogP contribution is -2.11. The summed E-state index contributed by atoms with van der Waals surface area (Å²) in [7, 11) is 0. The molecule has 0 fully saturated rings. The maximum absolute atomic E-state index is 13.6. The zero-order valence-electron chi connectivity index (χ0n) is 14.5. The van der Waals surface area contributed by atoms with E-state index in [1.165, 1.54) is 25.3 Å². The second-order valence-corrected chi connectivity index (χ2v) is 6.28. The number of aliphatic carboxylic acids is 1. The molecule has 0 aliphatic rings. The van der Waals surface area contributed by atoms with Gasteiger partial charge in [-0.15, -0.1) is 0 Å². The molecule has 0 radical (unpaired) electrons. The van der Waals surface area contributed by atoms with Crippen molar-refractivity contribution in [2.45, 2.75) is 25.9 Å². The summed E-state index contributed by atoms with van der Waals surface area (Å²) in [6.07, 6.45) is -3.16. The normalized spacial score (nSPS) is 11.7. The molecule has 0 aliphatic carbocycles. The summed E-state index contributed by atoms with van der Waals surface area (Å²) in [5.74, 6) is -0.970. The van der Waals surface area contributed by atoms with Gasteiger partial charge in [-0.3, -0.25) is 9.78 Å². The summed E-state index contributed by atoms with van der Waals surface area (Å²) in [5, 5.41) is 10.1. The fourth-order valence-corrected chi connectivity index (χ4v) is 3.28. The standard InChI is InChI=1S/C20H17F3N2O2/c1-11-8-9-25-19(18(11)20(21,22)23)15-10-16(24)14(6-7-17(26)27)12-4-2-3-5-13(12)15/h2-5,8-10H,6-7,24H2,1H3,(H,26,27). The maximum Gasteiger partial charge on any atom is 0.418 e. The first-order chi connectivity index (χ1) is 12.7. The third-order valence-corrected chi connectivity index (χ3v) is 4.48. The van der Waals surface area contributed by atoms with Crippen LogP contribution >= 0.6 is 0 Å². The van der Waals surface area contributed by atoms with E-state index in [-0.39, 0.29) is 35.3 Å². The number of aryl methyl sites for hydroxylation is 2. The molecule has 0 spiro atoms. The highest BCUT2D eigenvalue weighted by Crippen LogP contribution is 2.42. The topological polar surface area (TPSA) is 76.2 Å². The van der Waals surface area contributed by atoms with E-state index in [0.717, 1.165) is 0 Å². The van der Waals surface area contributed by atoms with Crippen LogP contribution in [0.3, 0.4) is 0 Å². The number of halogens is 3. The van der Waals surface area contributed by atoms with E-state index in [2.05, 4.69) is 4.98 Å². The van der Waals surface area contributed by atoms with E-state index < -0.39 is 17.7 Å². The van der Waals surface area contributed by atoms with Crippen molar-refractivity contribution in [3.8, 4) is 11.3 Å². The summed E-state index contributed by atoms with van der Waals surface area (Å²) in [4.78, 5) is 14.9. The van der Waals surface area contributed by atoms with Crippen molar-refractivity contribution in [1.29, 1.82) is 0 Å². The van der Waals surface area contributed by atoms with Gasteiger partial charge in [0, 0.05) is 23.9 Å². The maximum atomic E-state index is 13.6. The predicted molar refractivity (Wildman–Crippen MR) is 97.3 cm³/mol. The van der Waals surface area contributed by atoms with Crippen LogP contribution in [0.4, 0.5) is 18.9 Å². The van der Waals surface area contributed by atoms with E-state index in [1.54, 1.807) is 24.3 Å². The van der Waals surface area contributed by atoms with Crippen LogP contribution in [0.2, 0.25) is 0 Å². The molecule has 0 atom stereocenters. The largest absolute Gasteiger partial charge is 0.481 e. The molecule has 2 aromatic carbocycles. The zero-order valence-corrected chi connectivity index (χ0v) is 14.5. The molecule has 1 heterocycles. The van der Waals surface area contributed by atoms with Crippen LogP contribution in [0.5, 0.6) is 0 Å². The Hall–Kier alpha value is -3.09. The molecule has 140 valence electrons. The van der Waals surface area contributed by atoms with E-state index in [9.17, 15) is 18.0 Å². The molecule has 7 heteroatoms. The van der Waals surface area contributed by atoms with Crippen LogP contribution in [0.1, 0.15) is 23.1 Å². The van der Waals surface area contributed by atoms with Gasteiger partial charge in [-0.25, -0.2) is 0 Å². The molecule has 0 unspecified atom stereocenters. The van der Waals surface area contributed by atoms with E-state index in [1.807, 2.05) is 0 Å². The Bertz CT molecular complexity index is 1030. The van der Waals surface area contributed by atoms with Crippen molar-refractivity contribution < 1.29 is 23.1 Å². The number of aromatic nitrogens is 1. The van der Waals surface area contributed by atoms with Gasteiger partial charge in [0.2, 0.25) is 0 Å². The van der Waals surface area contributed by atoms with Gasteiger partial charge < -0.3 is 10.8 Å². The van der Waals surface area contributed by atoms with Gasteiger partial charge in [0.25, 0.3) is 0 Å².